The molecule has 2 aromatic heterocycles. The molecule has 2 heterocycles. The maximum absolute atomic E-state index is 12.9. The average molecular weight is 347 g/mol. The van der Waals surface area contributed by atoms with Gasteiger partial charge in [-0.3, -0.25) is 0 Å². The zero-order valence-corrected chi connectivity index (χ0v) is 15.0. The standard InChI is InChI=1S/C17H18FN3S2/c1-4-14-11(2)22-10-15(14)16-19-20-17(21(16)3)23-9-12-5-7-13(18)8-6-12/h5-8,10H,4,9H2,1-3H3. The summed E-state index contributed by atoms with van der Waals surface area (Å²) in [4.78, 5) is 1.34. The van der Waals surface area contributed by atoms with E-state index in [9.17, 15) is 4.39 Å². The van der Waals surface area contributed by atoms with Gasteiger partial charge in [0.2, 0.25) is 0 Å². The summed E-state index contributed by atoms with van der Waals surface area (Å²) in [6.07, 6.45) is 0.996. The van der Waals surface area contributed by atoms with Gasteiger partial charge in [-0.25, -0.2) is 4.39 Å². The molecule has 0 amide bonds. The maximum atomic E-state index is 12.9. The van der Waals surface area contributed by atoms with Gasteiger partial charge < -0.3 is 4.57 Å². The Labute approximate surface area is 143 Å². The number of thioether (sulfide) groups is 1. The van der Waals surface area contributed by atoms with Gasteiger partial charge in [0.15, 0.2) is 11.0 Å². The van der Waals surface area contributed by atoms with Crippen LogP contribution in [-0.4, -0.2) is 14.8 Å². The van der Waals surface area contributed by atoms with E-state index >= 15 is 0 Å². The molecule has 3 rings (SSSR count). The second kappa shape index (κ2) is 6.84. The predicted molar refractivity (Wildman–Crippen MR) is 94.4 cm³/mol. The van der Waals surface area contributed by atoms with E-state index in [4.69, 9.17) is 0 Å². The summed E-state index contributed by atoms with van der Waals surface area (Å²) < 4.78 is 15.0. The van der Waals surface area contributed by atoms with E-state index in [1.54, 1.807) is 35.2 Å². The number of aryl methyl sites for hydroxylation is 1. The van der Waals surface area contributed by atoms with Gasteiger partial charge in [-0.1, -0.05) is 30.8 Å². The molecule has 0 N–H and O–H groups in total. The summed E-state index contributed by atoms with van der Waals surface area (Å²) in [5.74, 6) is 1.45. The molecule has 0 aliphatic carbocycles. The van der Waals surface area contributed by atoms with Gasteiger partial charge in [-0.2, -0.15) is 0 Å². The van der Waals surface area contributed by atoms with Crippen LogP contribution in [0.4, 0.5) is 4.39 Å². The molecular formula is C17H18FN3S2. The first-order valence-corrected chi connectivity index (χ1v) is 9.30. The number of rotatable bonds is 5. The van der Waals surface area contributed by atoms with Crippen LogP contribution < -0.4 is 0 Å². The first-order chi connectivity index (χ1) is 11.1. The molecule has 3 aromatic rings. The van der Waals surface area contributed by atoms with E-state index in [1.165, 1.54) is 28.1 Å². The molecule has 23 heavy (non-hydrogen) atoms. The molecule has 0 saturated carbocycles. The molecule has 0 unspecified atom stereocenters. The van der Waals surface area contributed by atoms with Gasteiger partial charge in [0.1, 0.15) is 5.82 Å². The van der Waals surface area contributed by atoms with E-state index in [2.05, 4.69) is 29.4 Å². The Morgan fingerprint density at radius 2 is 1.96 bits per heavy atom. The molecule has 0 fully saturated rings. The summed E-state index contributed by atoms with van der Waals surface area (Å²) in [6.45, 7) is 4.31. The van der Waals surface area contributed by atoms with Gasteiger partial charge >= 0.3 is 0 Å². The first kappa shape index (κ1) is 16.2. The molecular weight excluding hydrogens is 329 g/mol. The average Bonchev–Trinajstić information content (AvgIpc) is 3.09. The molecule has 0 radical (unpaired) electrons. The Hall–Kier alpha value is -1.66. The highest BCUT2D eigenvalue weighted by molar-refractivity contribution is 7.98. The fourth-order valence-corrected chi connectivity index (χ4v) is 4.32. The van der Waals surface area contributed by atoms with Crippen molar-refractivity contribution in [3.63, 3.8) is 0 Å². The molecule has 0 saturated heterocycles. The monoisotopic (exact) mass is 347 g/mol. The van der Waals surface area contributed by atoms with Gasteiger partial charge in [0, 0.05) is 28.6 Å². The fourth-order valence-electron chi connectivity index (χ4n) is 2.51. The zero-order valence-electron chi connectivity index (χ0n) is 13.3. The van der Waals surface area contributed by atoms with E-state index < -0.39 is 0 Å². The van der Waals surface area contributed by atoms with Crippen LogP contribution in [0.25, 0.3) is 11.4 Å². The van der Waals surface area contributed by atoms with Crippen molar-refractivity contribution in [1.82, 2.24) is 14.8 Å². The van der Waals surface area contributed by atoms with Crippen LogP contribution in [0.5, 0.6) is 0 Å². The summed E-state index contributed by atoms with van der Waals surface area (Å²) in [7, 11) is 1.99. The van der Waals surface area contributed by atoms with Crippen LogP contribution in [-0.2, 0) is 19.2 Å². The van der Waals surface area contributed by atoms with Crippen molar-refractivity contribution < 1.29 is 4.39 Å². The Bertz CT molecular complexity index is 806. The lowest BCUT2D eigenvalue weighted by Gasteiger charge is -2.05. The van der Waals surface area contributed by atoms with Gasteiger partial charge in [0.05, 0.1) is 0 Å². The second-order valence-corrected chi connectivity index (χ2v) is 7.34. The lowest BCUT2D eigenvalue weighted by Crippen LogP contribution is -1.96. The van der Waals surface area contributed by atoms with E-state index in [-0.39, 0.29) is 5.82 Å². The lowest BCUT2D eigenvalue weighted by atomic mass is 10.1. The van der Waals surface area contributed by atoms with Crippen LogP contribution in [0.15, 0.2) is 34.8 Å². The van der Waals surface area contributed by atoms with Crippen molar-refractivity contribution in [2.45, 2.75) is 31.2 Å². The third kappa shape index (κ3) is 3.33. The molecule has 3 nitrogen and oxygen atoms in total. The van der Waals surface area contributed by atoms with E-state index in [0.717, 1.165) is 28.7 Å². The minimum absolute atomic E-state index is 0.209. The highest BCUT2D eigenvalue weighted by Gasteiger charge is 2.16. The smallest absolute Gasteiger partial charge is 0.191 e. The molecule has 0 aliphatic heterocycles. The summed E-state index contributed by atoms with van der Waals surface area (Å²) in [5, 5.41) is 11.7. The number of hydrogen-bond acceptors (Lipinski definition) is 4. The van der Waals surface area contributed by atoms with Crippen molar-refractivity contribution in [2.75, 3.05) is 0 Å². The third-order valence-electron chi connectivity index (χ3n) is 3.81. The van der Waals surface area contributed by atoms with Crippen LogP contribution >= 0.6 is 23.1 Å². The molecule has 0 aliphatic rings. The summed E-state index contributed by atoms with van der Waals surface area (Å²) in [5.41, 5.74) is 3.60. The van der Waals surface area contributed by atoms with Crippen LogP contribution in [0.1, 0.15) is 22.9 Å². The topological polar surface area (TPSA) is 30.7 Å². The van der Waals surface area contributed by atoms with E-state index in [0.29, 0.717) is 0 Å². The van der Waals surface area contributed by atoms with Gasteiger partial charge in [-0.15, -0.1) is 21.5 Å². The number of aromatic nitrogens is 3. The van der Waals surface area contributed by atoms with Gasteiger partial charge in [0.25, 0.3) is 0 Å². The van der Waals surface area contributed by atoms with E-state index in [1.807, 2.05) is 11.6 Å². The Kier molecular flexibility index (Phi) is 4.82. The van der Waals surface area contributed by atoms with Gasteiger partial charge in [-0.05, 0) is 36.6 Å². The van der Waals surface area contributed by atoms with Crippen LogP contribution in [0.2, 0.25) is 0 Å². The molecule has 120 valence electrons. The van der Waals surface area contributed by atoms with Crippen LogP contribution in [0, 0.1) is 12.7 Å². The Balaban J connectivity index is 1.80. The normalized spacial score (nSPS) is 11.1. The quantitative estimate of drug-likeness (QED) is 0.618. The molecule has 0 bridgehead atoms. The van der Waals surface area contributed by atoms with Crippen molar-refractivity contribution in [2.24, 2.45) is 7.05 Å². The minimum atomic E-state index is -0.209. The second-order valence-electron chi connectivity index (χ2n) is 5.32. The Morgan fingerprint density at radius 1 is 1.22 bits per heavy atom. The number of halogens is 1. The third-order valence-corrected chi connectivity index (χ3v) is 5.86. The molecule has 0 atom stereocenters. The largest absolute Gasteiger partial charge is 0.305 e. The number of hydrogen-bond donors (Lipinski definition) is 0. The first-order valence-electron chi connectivity index (χ1n) is 7.44. The molecule has 1 aromatic carbocycles. The van der Waals surface area contributed by atoms with Crippen molar-refractivity contribution in [1.29, 1.82) is 0 Å². The number of thiophene rings is 1. The summed E-state index contributed by atoms with van der Waals surface area (Å²) >= 11 is 3.37. The highest BCUT2D eigenvalue weighted by Crippen LogP contribution is 2.32. The molecule has 0 spiro atoms. The van der Waals surface area contributed by atoms with Crippen molar-refractivity contribution in [3.8, 4) is 11.4 Å². The maximum Gasteiger partial charge on any atom is 0.191 e. The number of benzene rings is 1. The lowest BCUT2D eigenvalue weighted by molar-refractivity contribution is 0.627. The van der Waals surface area contributed by atoms with Crippen molar-refractivity contribution >= 4 is 23.1 Å². The number of nitrogens with zero attached hydrogens (tertiary/aromatic N) is 3. The minimum Gasteiger partial charge on any atom is -0.305 e. The predicted octanol–water partition coefficient (Wildman–Crippen LogP) is 4.85. The molecule has 6 heteroatoms. The fraction of sp³-hybridized carbons (Fsp3) is 0.294. The summed E-state index contributed by atoms with van der Waals surface area (Å²) in [6, 6.07) is 6.58. The Morgan fingerprint density at radius 3 is 2.65 bits per heavy atom. The highest BCUT2D eigenvalue weighted by atomic mass is 32.2. The van der Waals surface area contributed by atoms with Crippen LogP contribution in [0.3, 0.4) is 0 Å². The SMILES string of the molecule is CCc1c(-c2nnc(SCc3ccc(F)cc3)n2C)csc1C. The van der Waals surface area contributed by atoms with Crippen molar-refractivity contribution in [3.05, 3.63) is 51.5 Å². The zero-order chi connectivity index (χ0) is 16.4.